The predicted octanol–water partition coefficient (Wildman–Crippen LogP) is 1.52. The van der Waals surface area contributed by atoms with Crippen LogP contribution in [0.5, 0.6) is 0 Å². The summed E-state index contributed by atoms with van der Waals surface area (Å²) in [6.07, 6.45) is 4.71. The first-order chi connectivity index (χ1) is 9.74. The zero-order valence-corrected chi connectivity index (χ0v) is 11.7. The lowest BCUT2D eigenvalue weighted by Crippen LogP contribution is -2.36. The van der Waals surface area contributed by atoms with Gasteiger partial charge in [-0.2, -0.15) is 0 Å². The van der Waals surface area contributed by atoms with Crippen LogP contribution in [-0.2, 0) is 6.54 Å². The van der Waals surface area contributed by atoms with Crippen LogP contribution in [0.3, 0.4) is 0 Å². The molecule has 0 radical (unpaired) electrons. The number of aliphatic hydroxyl groups is 1. The van der Waals surface area contributed by atoms with Gasteiger partial charge in [-0.25, -0.2) is 0 Å². The molecule has 110 valence electrons. The van der Waals surface area contributed by atoms with E-state index >= 15 is 0 Å². The van der Waals surface area contributed by atoms with E-state index in [0.717, 1.165) is 19.5 Å². The summed E-state index contributed by atoms with van der Waals surface area (Å²) >= 11 is 0. The Morgan fingerprint density at radius 1 is 1.25 bits per heavy atom. The van der Waals surface area contributed by atoms with E-state index in [9.17, 15) is 5.11 Å². The molecule has 1 aliphatic rings. The minimum absolute atomic E-state index is 0.125. The van der Waals surface area contributed by atoms with Crippen molar-refractivity contribution in [2.45, 2.75) is 38.3 Å². The number of oxime groups is 1. The van der Waals surface area contributed by atoms with Gasteiger partial charge >= 0.3 is 0 Å². The summed E-state index contributed by atoms with van der Waals surface area (Å²) in [7, 11) is 0. The van der Waals surface area contributed by atoms with E-state index in [2.05, 4.69) is 10.1 Å². The Balaban J connectivity index is 2.04. The highest BCUT2D eigenvalue weighted by Crippen LogP contribution is 2.19. The predicted molar refractivity (Wildman–Crippen MR) is 78.7 cm³/mol. The standard InChI is InChI=1S/C15H23N3O2/c16-15(17-20)13-7-5-12(6-8-13)10-18-9-3-1-2-4-14(18)11-19/h5-8,14,19-20H,1-4,9-11H2,(H2,16,17). The van der Waals surface area contributed by atoms with Gasteiger partial charge in [-0.15, -0.1) is 0 Å². The van der Waals surface area contributed by atoms with Crippen molar-refractivity contribution in [2.75, 3.05) is 13.2 Å². The molecule has 0 bridgehead atoms. The molecule has 0 spiro atoms. The molecule has 0 amide bonds. The second kappa shape index (κ2) is 7.26. The second-order valence-corrected chi connectivity index (χ2v) is 5.34. The van der Waals surface area contributed by atoms with Crippen molar-refractivity contribution in [3.8, 4) is 0 Å². The summed E-state index contributed by atoms with van der Waals surface area (Å²) in [4.78, 5) is 2.35. The summed E-state index contributed by atoms with van der Waals surface area (Å²) in [5, 5.41) is 21.1. The third kappa shape index (κ3) is 3.71. The number of rotatable bonds is 4. The Labute approximate surface area is 119 Å². The number of nitrogens with zero attached hydrogens (tertiary/aromatic N) is 2. The lowest BCUT2D eigenvalue weighted by Gasteiger charge is -2.28. The van der Waals surface area contributed by atoms with Gasteiger partial charge in [-0.1, -0.05) is 42.3 Å². The Morgan fingerprint density at radius 2 is 2.00 bits per heavy atom. The SMILES string of the molecule is N/C(=N/O)c1ccc(CN2CCCCCC2CO)cc1. The van der Waals surface area contributed by atoms with Crippen molar-refractivity contribution >= 4 is 5.84 Å². The molecule has 1 aliphatic heterocycles. The molecule has 20 heavy (non-hydrogen) atoms. The fraction of sp³-hybridized carbons (Fsp3) is 0.533. The van der Waals surface area contributed by atoms with Crippen LogP contribution in [0, 0.1) is 0 Å². The Bertz CT molecular complexity index is 445. The number of hydrogen-bond acceptors (Lipinski definition) is 4. The largest absolute Gasteiger partial charge is 0.409 e. The first-order valence-corrected chi connectivity index (χ1v) is 7.16. The number of likely N-dealkylation sites (tertiary alicyclic amines) is 1. The minimum atomic E-state index is 0.125. The van der Waals surface area contributed by atoms with Crippen LogP contribution in [0.25, 0.3) is 0 Å². The van der Waals surface area contributed by atoms with Crippen molar-refractivity contribution in [3.05, 3.63) is 35.4 Å². The smallest absolute Gasteiger partial charge is 0.170 e. The molecule has 4 N–H and O–H groups in total. The number of aliphatic hydroxyl groups excluding tert-OH is 1. The second-order valence-electron chi connectivity index (χ2n) is 5.34. The van der Waals surface area contributed by atoms with Gasteiger partial charge in [-0.05, 0) is 24.9 Å². The van der Waals surface area contributed by atoms with Crippen LogP contribution in [0.15, 0.2) is 29.4 Å². The molecule has 1 aromatic rings. The highest BCUT2D eigenvalue weighted by molar-refractivity contribution is 5.96. The Kier molecular flexibility index (Phi) is 5.38. The van der Waals surface area contributed by atoms with Gasteiger partial charge in [0.2, 0.25) is 0 Å². The average molecular weight is 277 g/mol. The molecule has 1 saturated heterocycles. The van der Waals surface area contributed by atoms with E-state index in [1.165, 1.54) is 24.8 Å². The average Bonchev–Trinajstić information content (AvgIpc) is 2.72. The fourth-order valence-corrected chi connectivity index (χ4v) is 2.72. The molecule has 1 fully saturated rings. The molecule has 0 aromatic heterocycles. The first kappa shape index (κ1) is 14.8. The van der Waals surface area contributed by atoms with Crippen molar-refractivity contribution < 1.29 is 10.3 Å². The molecule has 1 unspecified atom stereocenters. The van der Waals surface area contributed by atoms with Crippen LogP contribution in [0.1, 0.15) is 36.8 Å². The van der Waals surface area contributed by atoms with E-state index in [-0.39, 0.29) is 18.5 Å². The molecule has 0 aliphatic carbocycles. The summed E-state index contributed by atoms with van der Waals surface area (Å²) in [6, 6.07) is 7.97. The van der Waals surface area contributed by atoms with E-state index in [4.69, 9.17) is 10.9 Å². The van der Waals surface area contributed by atoms with Crippen molar-refractivity contribution in [1.82, 2.24) is 4.90 Å². The summed E-state index contributed by atoms with van der Waals surface area (Å²) in [5.41, 5.74) is 7.44. The van der Waals surface area contributed by atoms with Crippen LogP contribution in [-0.4, -0.2) is 40.2 Å². The molecule has 2 rings (SSSR count). The van der Waals surface area contributed by atoms with E-state index in [0.29, 0.717) is 5.56 Å². The number of nitrogens with two attached hydrogens (primary N) is 1. The molecular formula is C15H23N3O2. The van der Waals surface area contributed by atoms with Crippen molar-refractivity contribution in [3.63, 3.8) is 0 Å². The molecule has 5 nitrogen and oxygen atoms in total. The zero-order chi connectivity index (χ0) is 14.4. The monoisotopic (exact) mass is 277 g/mol. The molecule has 1 atom stereocenters. The van der Waals surface area contributed by atoms with Crippen molar-refractivity contribution in [2.24, 2.45) is 10.9 Å². The number of hydrogen-bond donors (Lipinski definition) is 3. The highest BCUT2D eigenvalue weighted by atomic mass is 16.4. The molecule has 5 heteroatoms. The summed E-state index contributed by atoms with van der Waals surface area (Å²) in [5.74, 6) is 0.125. The summed E-state index contributed by atoms with van der Waals surface area (Å²) in [6.45, 7) is 2.09. The number of benzene rings is 1. The van der Waals surface area contributed by atoms with Gasteiger partial charge in [0.25, 0.3) is 0 Å². The normalized spacial score (nSPS) is 21.6. The van der Waals surface area contributed by atoms with E-state index in [1.807, 2.05) is 24.3 Å². The van der Waals surface area contributed by atoms with E-state index < -0.39 is 0 Å². The van der Waals surface area contributed by atoms with Crippen LogP contribution in [0.4, 0.5) is 0 Å². The molecule has 0 saturated carbocycles. The third-order valence-corrected chi connectivity index (χ3v) is 3.95. The maximum atomic E-state index is 9.51. The quantitative estimate of drug-likeness (QED) is 0.337. The van der Waals surface area contributed by atoms with Crippen molar-refractivity contribution in [1.29, 1.82) is 0 Å². The van der Waals surface area contributed by atoms with Crippen LogP contribution >= 0.6 is 0 Å². The maximum Gasteiger partial charge on any atom is 0.170 e. The van der Waals surface area contributed by atoms with Gasteiger partial charge in [0.05, 0.1) is 6.61 Å². The Morgan fingerprint density at radius 3 is 2.65 bits per heavy atom. The minimum Gasteiger partial charge on any atom is -0.409 e. The lowest BCUT2D eigenvalue weighted by atomic mass is 10.1. The maximum absolute atomic E-state index is 9.51. The number of amidine groups is 1. The topological polar surface area (TPSA) is 82.1 Å². The Hall–Kier alpha value is -1.59. The third-order valence-electron chi connectivity index (χ3n) is 3.95. The zero-order valence-electron chi connectivity index (χ0n) is 11.7. The first-order valence-electron chi connectivity index (χ1n) is 7.16. The fourth-order valence-electron chi connectivity index (χ4n) is 2.72. The van der Waals surface area contributed by atoms with Crippen LogP contribution < -0.4 is 5.73 Å². The van der Waals surface area contributed by atoms with E-state index in [1.54, 1.807) is 0 Å². The molecule has 1 heterocycles. The van der Waals surface area contributed by atoms with Crippen LogP contribution in [0.2, 0.25) is 0 Å². The van der Waals surface area contributed by atoms with Gasteiger partial charge in [0, 0.05) is 18.2 Å². The lowest BCUT2D eigenvalue weighted by molar-refractivity contribution is 0.118. The highest BCUT2D eigenvalue weighted by Gasteiger charge is 2.20. The molecular weight excluding hydrogens is 254 g/mol. The molecule has 1 aromatic carbocycles. The van der Waals surface area contributed by atoms with Gasteiger partial charge in [0.1, 0.15) is 0 Å². The van der Waals surface area contributed by atoms with Gasteiger partial charge in [-0.3, -0.25) is 4.90 Å². The van der Waals surface area contributed by atoms with Gasteiger partial charge < -0.3 is 16.0 Å². The summed E-state index contributed by atoms with van der Waals surface area (Å²) < 4.78 is 0. The van der Waals surface area contributed by atoms with Gasteiger partial charge in [0.15, 0.2) is 5.84 Å².